The lowest BCUT2D eigenvalue weighted by Gasteiger charge is -2.36. The maximum absolute atomic E-state index is 12.0. The molecule has 0 aliphatic heterocycles. The highest BCUT2D eigenvalue weighted by atomic mass is 16.5. The summed E-state index contributed by atoms with van der Waals surface area (Å²) in [6.07, 6.45) is 6.09. The van der Waals surface area contributed by atoms with Gasteiger partial charge in [-0.1, -0.05) is 19.3 Å². The van der Waals surface area contributed by atoms with Gasteiger partial charge in [0.15, 0.2) is 0 Å². The molecule has 1 saturated carbocycles. The number of methoxy groups -OCH3 is 1. The van der Waals surface area contributed by atoms with Crippen molar-refractivity contribution in [1.82, 2.24) is 5.32 Å². The van der Waals surface area contributed by atoms with Gasteiger partial charge in [0.1, 0.15) is 0 Å². The number of nitrogens with two attached hydrogens (primary N) is 1. The SMILES string of the molecule is COCC(CO)NC(=O)CC1(CN)CCCCC1. The normalized spacial score (nSPS) is 20.4. The number of amides is 1. The Kier molecular flexibility index (Phi) is 6.60. The molecule has 0 aromatic carbocycles. The van der Waals surface area contributed by atoms with Gasteiger partial charge in [-0.15, -0.1) is 0 Å². The van der Waals surface area contributed by atoms with Crippen molar-refractivity contribution in [2.75, 3.05) is 26.9 Å². The van der Waals surface area contributed by atoms with E-state index in [9.17, 15) is 4.79 Å². The maximum Gasteiger partial charge on any atom is 0.220 e. The molecule has 18 heavy (non-hydrogen) atoms. The van der Waals surface area contributed by atoms with Crippen molar-refractivity contribution in [3.63, 3.8) is 0 Å². The first kappa shape index (κ1) is 15.4. The van der Waals surface area contributed by atoms with Gasteiger partial charge < -0.3 is 20.9 Å². The fraction of sp³-hybridized carbons (Fsp3) is 0.923. The average molecular weight is 258 g/mol. The van der Waals surface area contributed by atoms with Crippen molar-refractivity contribution in [3.05, 3.63) is 0 Å². The summed E-state index contributed by atoms with van der Waals surface area (Å²) < 4.78 is 4.94. The first-order valence-electron chi connectivity index (χ1n) is 6.75. The smallest absolute Gasteiger partial charge is 0.220 e. The Balaban J connectivity index is 2.45. The summed E-state index contributed by atoms with van der Waals surface area (Å²) in [5.41, 5.74) is 5.82. The zero-order valence-corrected chi connectivity index (χ0v) is 11.3. The Hall–Kier alpha value is -0.650. The highest BCUT2D eigenvalue weighted by Gasteiger charge is 2.33. The lowest BCUT2D eigenvalue weighted by atomic mass is 9.71. The van der Waals surface area contributed by atoms with Crippen LogP contribution in [0.5, 0.6) is 0 Å². The molecular weight excluding hydrogens is 232 g/mol. The number of carbonyl (C=O) groups is 1. The van der Waals surface area contributed by atoms with Crippen LogP contribution >= 0.6 is 0 Å². The van der Waals surface area contributed by atoms with Crippen LogP contribution in [-0.4, -0.2) is 43.9 Å². The Bertz CT molecular complexity index is 253. The highest BCUT2D eigenvalue weighted by molar-refractivity contribution is 5.77. The summed E-state index contributed by atoms with van der Waals surface area (Å²) >= 11 is 0. The monoisotopic (exact) mass is 258 g/mol. The van der Waals surface area contributed by atoms with Gasteiger partial charge >= 0.3 is 0 Å². The minimum atomic E-state index is -0.319. The van der Waals surface area contributed by atoms with Crippen molar-refractivity contribution >= 4 is 5.91 Å². The zero-order chi connectivity index (χ0) is 13.4. The van der Waals surface area contributed by atoms with Crippen LogP contribution < -0.4 is 11.1 Å². The molecule has 5 heteroatoms. The Morgan fingerprint density at radius 2 is 2.11 bits per heavy atom. The summed E-state index contributed by atoms with van der Waals surface area (Å²) in [5.74, 6) is -0.0292. The number of rotatable bonds is 7. The molecule has 0 spiro atoms. The molecule has 0 heterocycles. The van der Waals surface area contributed by atoms with Gasteiger partial charge in [0.05, 0.1) is 19.3 Å². The van der Waals surface area contributed by atoms with E-state index in [1.54, 1.807) is 7.11 Å². The molecule has 1 aliphatic carbocycles. The first-order valence-corrected chi connectivity index (χ1v) is 6.75. The van der Waals surface area contributed by atoms with E-state index in [0.717, 1.165) is 25.7 Å². The van der Waals surface area contributed by atoms with Crippen LogP contribution in [0.4, 0.5) is 0 Å². The number of aliphatic hydroxyl groups is 1. The molecule has 1 atom stereocenters. The topological polar surface area (TPSA) is 84.6 Å². The summed E-state index contributed by atoms with van der Waals surface area (Å²) in [6, 6.07) is -0.319. The van der Waals surface area contributed by atoms with Gasteiger partial charge in [0.25, 0.3) is 0 Å². The van der Waals surface area contributed by atoms with Crippen LogP contribution in [0.2, 0.25) is 0 Å². The van der Waals surface area contributed by atoms with Crippen LogP contribution in [0, 0.1) is 5.41 Å². The lowest BCUT2D eigenvalue weighted by molar-refractivity contribution is -0.125. The molecule has 0 radical (unpaired) electrons. The van der Waals surface area contributed by atoms with E-state index in [2.05, 4.69) is 5.32 Å². The fourth-order valence-corrected chi connectivity index (χ4v) is 2.72. The number of nitrogens with one attached hydrogen (secondary N) is 1. The fourth-order valence-electron chi connectivity index (χ4n) is 2.72. The molecule has 106 valence electrons. The third kappa shape index (κ3) is 4.55. The van der Waals surface area contributed by atoms with Crippen LogP contribution in [0.3, 0.4) is 0 Å². The van der Waals surface area contributed by atoms with Crippen LogP contribution in [0.25, 0.3) is 0 Å². The Morgan fingerprint density at radius 1 is 1.44 bits per heavy atom. The number of hydrogen-bond donors (Lipinski definition) is 3. The van der Waals surface area contributed by atoms with E-state index < -0.39 is 0 Å². The molecule has 1 rings (SSSR count). The number of aliphatic hydroxyl groups excluding tert-OH is 1. The molecule has 0 bridgehead atoms. The third-order valence-electron chi connectivity index (χ3n) is 3.84. The summed E-state index contributed by atoms with van der Waals surface area (Å²) in [7, 11) is 1.55. The van der Waals surface area contributed by atoms with Crippen LogP contribution in [0.1, 0.15) is 38.5 Å². The minimum Gasteiger partial charge on any atom is -0.394 e. The Morgan fingerprint density at radius 3 is 2.61 bits per heavy atom. The van der Waals surface area contributed by atoms with Crippen molar-refractivity contribution in [2.45, 2.75) is 44.6 Å². The zero-order valence-electron chi connectivity index (χ0n) is 11.3. The van der Waals surface area contributed by atoms with E-state index in [1.165, 1.54) is 6.42 Å². The molecule has 1 amide bonds. The average Bonchev–Trinajstić information content (AvgIpc) is 2.39. The van der Waals surface area contributed by atoms with Gasteiger partial charge in [0, 0.05) is 13.5 Å². The van der Waals surface area contributed by atoms with Gasteiger partial charge in [0.2, 0.25) is 5.91 Å². The molecule has 4 N–H and O–H groups in total. The largest absolute Gasteiger partial charge is 0.394 e. The van der Waals surface area contributed by atoms with Crippen LogP contribution in [0.15, 0.2) is 0 Å². The number of carbonyl (C=O) groups excluding carboxylic acids is 1. The van der Waals surface area contributed by atoms with Crippen molar-refractivity contribution in [1.29, 1.82) is 0 Å². The van der Waals surface area contributed by atoms with Gasteiger partial charge in [-0.25, -0.2) is 0 Å². The predicted octanol–water partition coefficient (Wildman–Crippen LogP) is 0.409. The maximum atomic E-state index is 12.0. The molecule has 1 unspecified atom stereocenters. The van der Waals surface area contributed by atoms with E-state index in [1.807, 2.05) is 0 Å². The van der Waals surface area contributed by atoms with E-state index in [4.69, 9.17) is 15.6 Å². The molecule has 0 aromatic heterocycles. The Labute approximate surface area is 109 Å². The molecule has 1 fully saturated rings. The molecule has 0 aromatic rings. The van der Waals surface area contributed by atoms with Gasteiger partial charge in [-0.3, -0.25) is 4.79 Å². The highest BCUT2D eigenvalue weighted by Crippen LogP contribution is 2.38. The predicted molar refractivity (Wildman–Crippen MR) is 70.1 cm³/mol. The van der Waals surface area contributed by atoms with E-state index in [0.29, 0.717) is 19.6 Å². The molecule has 5 nitrogen and oxygen atoms in total. The molecule has 0 saturated heterocycles. The molecular formula is C13H26N2O3. The van der Waals surface area contributed by atoms with Gasteiger partial charge in [-0.2, -0.15) is 0 Å². The summed E-state index contributed by atoms with van der Waals surface area (Å²) in [5, 5.41) is 11.9. The standard InChI is InChI=1S/C13H26N2O3/c1-18-9-11(8-16)15-12(17)7-13(10-14)5-3-2-4-6-13/h11,16H,2-10,14H2,1H3,(H,15,17). The van der Waals surface area contributed by atoms with Crippen molar-refractivity contribution in [3.8, 4) is 0 Å². The van der Waals surface area contributed by atoms with E-state index >= 15 is 0 Å². The summed E-state index contributed by atoms with van der Waals surface area (Å²) in [6.45, 7) is 0.793. The minimum absolute atomic E-state index is 0.0292. The van der Waals surface area contributed by atoms with Crippen LogP contribution in [-0.2, 0) is 9.53 Å². The lowest BCUT2D eigenvalue weighted by Crippen LogP contribution is -2.44. The molecule has 1 aliphatic rings. The summed E-state index contributed by atoms with van der Waals surface area (Å²) in [4.78, 5) is 12.0. The number of hydrogen-bond acceptors (Lipinski definition) is 4. The van der Waals surface area contributed by atoms with E-state index in [-0.39, 0.29) is 24.0 Å². The van der Waals surface area contributed by atoms with Crippen molar-refractivity contribution < 1.29 is 14.6 Å². The second-order valence-electron chi connectivity index (χ2n) is 5.34. The third-order valence-corrected chi connectivity index (χ3v) is 3.84. The quantitative estimate of drug-likeness (QED) is 0.617. The second kappa shape index (κ2) is 7.71. The second-order valence-corrected chi connectivity index (χ2v) is 5.34. The first-order chi connectivity index (χ1) is 8.65. The van der Waals surface area contributed by atoms with Gasteiger partial charge in [-0.05, 0) is 24.8 Å². The number of ether oxygens (including phenoxy) is 1. The van der Waals surface area contributed by atoms with Crippen molar-refractivity contribution in [2.24, 2.45) is 11.1 Å².